The normalized spacial score (nSPS) is 20.9. The first-order valence-corrected chi connectivity index (χ1v) is 50.6. The summed E-state index contributed by atoms with van der Waals surface area (Å²) < 4.78 is 32.0. The summed E-state index contributed by atoms with van der Waals surface area (Å²) in [6, 6.07) is 78.2. The van der Waals surface area contributed by atoms with E-state index in [2.05, 4.69) is 135 Å². The molecule has 7 atom stereocenters. The fourth-order valence-corrected chi connectivity index (χ4v) is 22.0. The maximum Gasteiger partial charge on any atom is 0.267 e. The van der Waals surface area contributed by atoms with Gasteiger partial charge in [0, 0.05) is 76.3 Å². The largest absolute Gasteiger partial charge is 0.369 e. The fraction of sp³-hybridized carbons (Fsp3) is 0.268. The number of rotatable bonds is 14. The van der Waals surface area contributed by atoms with Crippen LogP contribution in [0.2, 0.25) is 10.0 Å². The number of benzene rings is 10. The van der Waals surface area contributed by atoms with Gasteiger partial charge < -0.3 is 28.7 Å². The van der Waals surface area contributed by atoms with Crippen molar-refractivity contribution in [2.24, 2.45) is 59.5 Å². The number of carbonyl (C=O) groups is 5. The molecule has 25 nitrogen and oxygen atoms in total. The summed E-state index contributed by atoms with van der Waals surface area (Å²) in [6.07, 6.45) is 3.15. The van der Waals surface area contributed by atoms with Crippen LogP contribution in [0.15, 0.2) is 276 Å². The number of hydrogen-bond acceptors (Lipinski definition) is 21. The van der Waals surface area contributed by atoms with Gasteiger partial charge in [-0.25, -0.2) is 33.7 Å². The molecule has 6 aliphatic rings. The summed E-state index contributed by atoms with van der Waals surface area (Å²) in [7, 11) is 8.18. The van der Waals surface area contributed by atoms with Crippen LogP contribution in [0.4, 0.5) is 8.78 Å². The van der Waals surface area contributed by atoms with Gasteiger partial charge in [-0.05, 0) is 277 Å². The van der Waals surface area contributed by atoms with Gasteiger partial charge in [0.15, 0.2) is 29.8 Å². The zero-order valence-corrected chi connectivity index (χ0v) is 88.9. The Morgan fingerprint density at radius 2 is 0.897 bits per heavy atom. The number of fused-ring (bicyclic) bond motifs is 1. The van der Waals surface area contributed by atoms with Crippen LogP contribution in [-0.4, -0.2) is 129 Å². The molecule has 0 radical (unpaired) electrons. The molecule has 33 heteroatoms. The Labute approximate surface area is 876 Å². The van der Waals surface area contributed by atoms with Gasteiger partial charge in [0.05, 0.1) is 70.6 Å². The minimum absolute atomic E-state index is 0.0145. The van der Waals surface area contributed by atoms with Crippen LogP contribution in [0, 0.1) is 51.5 Å². The van der Waals surface area contributed by atoms with Crippen LogP contribution in [0.1, 0.15) is 178 Å². The molecule has 0 saturated heterocycles. The Bertz CT molecular complexity index is 7390. The van der Waals surface area contributed by atoms with E-state index >= 15 is 0 Å². The zero-order valence-electron chi connectivity index (χ0n) is 82.6. The predicted molar refractivity (Wildman–Crippen MR) is 579 cm³/mol. The van der Waals surface area contributed by atoms with Gasteiger partial charge in [-0.2, -0.15) is 20.9 Å². The molecule has 0 bridgehead atoms. The summed E-state index contributed by atoms with van der Waals surface area (Å²) in [6.45, 7) is 21.5. The van der Waals surface area contributed by atoms with Crippen LogP contribution in [0.5, 0.6) is 0 Å². The van der Waals surface area contributed by atoms with E-state index in [9.17, 15) is 43.3 Å². The molecule has 8 heterocycles. The highest BCUT2D eigenvalue weighted by atomic mass is 79.9. The Morgan fingerprint density at radius 1 is 0.441 bits per heavy atom. The van der Waals surface area contributed by atoms with E-state index in [-0.39, 0.29) is 87.7 Å². The topological polar surface area (TPSA) is 383 Å². The lowest BCUT2D eigenvalue weighted by molar-refractivity contribution is -0.131. The van der Waals surface area contributed by atoms with Crippen molar-refractivity contribution in [1.82, 2.24) is 34.3 Å². The molecule has 3 aromatic heterocycles. The van der Waals surface area contributed by atoms with Crippen LogP contribution < -0.4 is 28.7 Å². The number of nitriles is 3. The minimum Gasteiger partial charge on any atom is -0.369 e. The van der Waals surface area contributed by atoms with Crippen molar-refractivity contribution >= 4 is 148 Å². The third-order valence-electron chi connectivity index (χ3n) is 27.1. The molecule has 145 heavy (non-hydrogen) atoms. The van der Waals surface area contributed by atoms with Crippen LogP contribution in [0.25, 0.3) is 54.7 Å². The number of nitrogens with two attached hydrogens (primary N) is 5. The van der Waals surface area contributed by atoms with E-state index < -0.39 is 51.2 Å². The van der Waals surface area contributed by atoms with Gasteiger partial charge in [-0.3, -0.25) is 53.2 Å². The molecular formula is C112H108Br2Cl2F2N20O5S2. The quantitative estimate of drug-likeness (QED) is 0.0676. The predicted octanol–water partition coefficient (Wildman–Crippen LogP) is 21.7. The molecular weight excluding hydrogens is 2040 g/mol. The summed E-state index contributed by atoms with van der Waals surface area (Å²) in [5, 5.41) is 36.5. The Morgan fingerprint density at radius 3 is 1.36 bits per heavy atom. The molecule has 1 unspecified atom stereocenters. The molecule has 1 aliphatic carbocycles. The van der Waals surface area contributed by atoms with Gasteiger partial charge >= 0.3 is 0 Å². The minimum atomic E-state index is -1.18. The first-order chi connectivity index (χ1) is 68.5. The van der Waals surface area contributed by atoms with Crippen LogP contribution in [0.3, 0.4) is 0 Å². The van der Waals surface area contributed by atoms with Crippen LogP contribution >= 0.6 is 77.7 Å². The lowest BCUT2D eigenvalue weighted by Gasteiger charge is -2.41. The van der Waals surface area contributed by atoms with Crippen molar-refractivity contribution < 1.29 is 32.8 Å². The summed E-state index contributed by atoms with van der Waals surface area (Å²) >= 11 is 22.3. The van der Waals surface area contributed by atoms with Crippen molar-refractivity contribution in [3.8, 4) is 62.0 Å². The first kappa shape index (κ1) is 105. The molecule has 19 rings (SSSR count). The third-order valence-corrected chi connectivity index (χ3v) is 31.0. The summed E-state index contributed by atoms with van der Waals surface area (Å²) in [5.41, 5.74) is 40.6. The van der Waals surface area contributed by atoms with Crippen molar-refractivity contribution in [1.29, 1.82) is 15.8 Å². The van der Waals surface area contributed by atoms with E-state index in [1.54, 1.807) is 70.8 Å². The maximum atomic E-state index is 14.1. The molecule has 5 amide bonds. The maximum absolute atomic E-state index is 14.1. The molecule has 0 spiro atoms. The SMILES string of the molecule is CN1C(=O)C(c2ccccc2)(c2ccc(-c3cc(Cl)cc(Cl)c3)s2)N=C1N.CN1C(=O)C[C@@](C)(c2cc(-c3cc(Br)cc(C#N)c3)cs2)N=C1N.CN1C(=O)C[C@@](C)(c2ccc3c(Br)nn(CC4CC4)c3c2)N=C1N.CN1C(=O)[C@@H](c2ccc(C(C)(C)C)cc2)[C@@](C)(c2cccc(-c3cc(F)cc(C#N)c3)c2)N=C1N.CN1C(=O)[C@H](c2ccc(C(C)(C)C)cc2)[C@@](C)(c2cccc(-c3cc(F)cc(C#N)c3)c2)N=C1N. The van der Waals surface area contributed by atoms with Gasteiger partial charge in [0.25, 0.3) is 5.91 Å². The number of guanidine groups is 5. The average Bonchev–Trinajstić information content (AvgIpc) is 1.44. The van der Waals surface area contributed by atoms with Crippen molar-refractivity contribution in [2.75, 3.05) is 35.2 Å². The number of halogens is 6. The van der Waals surface area contributed by atoms with E-state index in [0.29, 0.717) is 33.2 Å². The molecule has 5 aliphatic heterocycles. The molecule has 1 saturated carbocycles. The number of hydrogen-bond donors (Lipinski definition) is 5. The Balaban J connectivity index is 0.000000137. The molecule has 13 aromatic rings. The Hall–Kier alpha value is -14.4. The van der Waals surface area contributed by atoms with E-state index in [1.807, 2.05) is 203 Å². The number of carbonyl (C=O) groups excluding carboxylic acids is 5. The number of nitrogens with zero attached hydrogens (tertiary/aromatic N) is 15. The highest BCUT2D eigenvalue weighted by Gasteiger charge is 2.53. The monoisotopic (exact) mass is 2140 g/mol. The standard InChI is InChI=1S/2C29H29FN4O.C20H15Cl2N3OS.C17H20BrN5O.C17H15BrN4OS/c2*1-28(2,3)22-11-9-19(10-12-22)25-26(35)34(5)27(32)33-29(25,4)23-8-6-7-20(15-23)21-13-18(17-31)14-24(30)16-21;1-25-18(26)20(24-19(25)23,13-5-3-2-4-6-13)17-8-7-16(27-17)12-9-14(21)11-15(22)10-12;1-17(8-14(24)22(2)16(19)20-17)11-5-6-12-13(7-11)23(21-15(12)18)9-10-3-4-10;1-17(7-15(23)22(2)16(20)21-17)14-6-12(9-24-14)11-3-10(8-19)4-13(18)5-11/h2*6-16,25H,1-5H3,(H2,32,33);2-11H,1H3,(H2,23,24);5-7,10H,3-4,8-9H2,1-2H3,(H2,19,20);3-6,9H,7H2,1-2H3,(H2,20,21)/t25-,29+;25-,29-;;2*17-/m01.00/s1. The number of amides is 5. The molecule has 10 aromatic carbocycles. The smallest absolute Gasteiger partial charge is 0.267 e. The van der Waals surface area contributed by atoms with Gasteiger partial charge in [-0.1, -0.05) is 202 Å². The summed E-state index contributed by atoms with van der Waals surface area (Å²) in [5.74, 6) is -0.993. The lowest BCUT2D eigenvalue weighted by Crippen LogP contribution is -2.52. The first-order valence-electron chi connectivity index (χ1n) is 46.5. The van der Waals surface area contributed by atoms with Gasteiger partial charge in [0.2, 0.25) is 29.2 Å². The fourth-order valence-electron chi connectivity index (χ4n) is 18.3. The van der Waals surface area contributed by atoms with Gasteiger partial charge in [0.1, 0.15) is 32.9 Å². The second-order valence-corrected chi connectivity index (χ2v) is 44.2. The van der Waals surface area contributed by atoms with E-state index in [0.717, 1.165) is 108 Å². The average molecular weight is 2150 g/mol. The van der Waals surface area contributed by atoms with Crippen molar-refractivity contribution in [3.05, 3.63) is 344 Å². The van der Waals surface area contributed by atoms with Crippen molar-refractivity contribution in [3.63, 3.8) is 0 Å². The third kappa shape index (κ3) is 21.9. The molecule has 10 N–H and O–H groups in total. The van der Waals surface area contributed by atoms with Crippen molar-refractivity contribution in [2.45, 2.75) is 152 Å². The summed E-state index contributed by atoms with van der Waals surface area (Å²) in [4.78, 5) is 97.7. The lowest BCUT2D eigenvalue weighted by atomic mass is 9.73. The second kappa shape index (κ2) is 41.4. The number of aromatic nitrogens is 2. The second-order valence-electron chi connectivity index (χ2n) is 39.6. The van der Waals surface area contributed by atoms with E-state index in [4.69, 9.17) is 67.1 Å². The van der Waals surface area contributed by atoms with E-state index in [1.165, 1.54) is 84.1 Å². The van der Waals surface area contributed by atoms with Crippen LogP contribution in [-0.2, 0) is 69.0 Å². The number of thiophene rings is 2. The molecule has 740 valence electrons. The number of aliphatic imine (C=N–C) groups is 5. The number of likely N-dealkylation sites (N-methyl/N-ethyl adjacent to an activating group) is 3. The highest BCUT2D eigenvalue weighted by molar-refractivity contribution is 9.10. The molecule has 1 fully saturated rings. The highest BCUT2D eigenvalue weighted by Crippen LogP contribution is 2.51. The van der Waals surface area contributed by atoms with Gasteiger partial charge in [-0.15, -0.1) is 22.7 Å². The Kier molecular flexibility index (Phi) is 30.0. The zero-order chi connectivity index (χ0) is 105.